The van der Waals surface area contributed by atoms with Crippen molar-refractivity contribution in [3.8, 4) is 0 Å². The van der Waals surface area contributed by atoms with Crippen LogP contribution in [0.25, 0.3) is 0 Å². The minimum atomic E-state index is -0.464. The van der Waals surface area contributed by atoms with E-state index in [9.17, 15) is 14.0 Å². The fourth-order valence-corrected chi connectivity index (χ4v) is 3.22. The fourth-order valence-electron chi connectivity index (χ4n) is 2.84. The van der Waals surface area contributed by atoms with Gasteiger partial charge in [-0.25, -0.2) is 4.39 Å². The first kappa shape index (κ1) is 17.7. The van der Waals surface area contributed by atoms with Gasteiger partial charge in [-0.15, -0.1) is 0 Å². The molecule has 0 spiro atoms. The summed E-state index contributed by atoms with van der Waals surface area (Å²) < 4.78 is 13.9. The minimum Gasteiger partial charge on any atom is -0.351 e. The van der Waals surface area contributed by atoms with Crippen molar-refractivity contribution in [3.63, 3.8) is 0 Å². The summed E-state index contributed by atoms with van der Waals surface area (Å²) in [6, 6.07) is 10.6. The van der Waals surface area contributed by atoms with Crippen LogP contribution in [0.2, 0.25) is 10.0 Å². The van der Waals surface area contributed by atoms with Gasteiger partial charge in [0.2, 0.25) is 11.8 Å². The lowest BCUT2D eigenvalue weighted by atomic mass is 10.1. The maximum Gasteiger partial charge on any atom is 0.229 e. The van der Waals surface area contributed by atoms with E-state index in [0.29, 0.717) is 15.6 Å². The van der Waals surface area contributed by atoms with Gasteiger partial charge in [-0.2, -0.15) is 0 Å². The molecule has 0 saturated carbocycles. The first-order valence-electron chi connectivity index (χ1n) is 7.72. The summed E-state index contributed by atoms with van der Waals surface area (Å²) in [6.07, 6.45) is 0.188. The fraction of sp³-hybridized carbons (Fsp3) is 0.222. The second-order valence-corrected chi connectivity index (χ2v) is 6.68. The molecule has 1 aliphatic heterocycles. The number of carbonyl (C=O) groups is 2. The van der Waals surface area contributed by atoms with Gasteiger partial charge in [-0.1, -0.05) is 35.3 Å². The molecule has 1 aliphatic rings. The molecule has 4 nitrogen and oxygen atoms in total. The third kappa shape index (κ3) is 4.11. The largest absolute Gasteiger partial charge is 0.351 e. The van der Waals surface area contributed by atoms with Crippen LogP contribution in [0.1, 0.15) is 12.0 Å². The maximum absolute atomic E-state index is 13.9. The molecule has 2 aromatic rings. The molecular formula is C18H15Cl2FN2O2. The zero-order chi connectivity index (χ0) is 18.0. The van der Waals surface area contributed by atoms with Crippen molar-refractivity contribution in [2.45, 2.75) is 18.9 Å². The van der Waals surface area contributed by atoms with E-state index in [4.69, 9.17) is 23.2 Å². The van der Waals surface area contributed by atoms with Crippen LogP contribution in [-0.4, -0.2) is 24.4 Å². The molecule has 2 amide bonds. The van der Waals surface area contributed by atoms with Gasteiger partial charge >= 0.3 is 0 Å². The summed E-state index contributed by atoms with van der Waals surface area (Å²) in [6.45, 7) is 0.231. The number of hydrogen-bond acceptors (Lipinski definition) is 2. The number of para-hydroxylation sites is 1. The Kier molecular flexibility index (Phi) is 5.25. The monoisotopic (exact) mass is 380 g/mol. The number of amides is 2. The summed E-state index contributed by atoms with van der Waals surface area (Å²) >= 11 is 12.0. The Morgan fingerprint density at radius 1 is 1.24 bits per heavy atom. The lowest BCUT2D eigenvalue weighted by Gasteiger charge is -2.18. The highest BCUT2D eigenvalue weighted by Gasteiger charge is 2.32. The van der Waals surface area contributed by atoms with Crippen LogP contribution >= 0.6 is 23.2 Å². The van der Waals surface area contributed by atoms with E-state index in [2.05, 4.69) is 5.32 Å². The number of nitrogens with zero attached hydrogens (tertiary/aromatic N) is 1. The van der Waals surface area contributed by atoms with Gasteiger partial charge in [0.1, 0.15) is 5.82 Å². The second kappa shape index (κ2) is 7.42. The highest BCUT2D eigenvalue weighted by molar-refractivity contribution is 6.33. The van der Waals surface area contributed by atoms with Crippen molar-refractivity contribution in [2.75, 3.05) is 11.4 Å². The highest BCUT2D eigenvalue weighted by atomic mass is 35.5. The van der Waals surface area contributed by atoms with Gasteiger partial charge in [-0.05, 0) is 35.9 Å². The number of nitrogens with one attached hydrogen (secondary N) is 1. The van der Waals surface area contributed by atoms with Gasteiger partial charge in [0.25, 0.3) is 0 Å². The summed E-state index contributed by atoms with van der Waals surface area (Å²) in [5, 5.41) is 3.75. The van der Waals surface area contributed by atoms with Crippen LogP contribution in [0.3, 0.4) is 0 Å². The van der Waals surface area contributed by atoms with Gasteiger partial charge in [0.05, 0.1) is 18.2 Å². The van der Waals surface area contributed by atoms with Gasteiger partial charge in [0.15, 0.2) is 0 Å². The van der Waals surface area contributed by atoms with E-state index in [-0.39, 0.29) is 42.9 Å². The zero-order valence-electron chi connectivity index (χ0n) is 13.1. The zero-order valence-corrected chi connectivity index (χ0v) is 14.6. The second-order valence-electron chi connectivity index (χ2n) is 5.84. The van der Waals surface area contributed by atoms with Crippen molar-refractivity contribution in [2.24, 2.45) is 0 Å². The molecule has 7 heteroatoms. The van der Waals surface area contributed by atoms with Gasteiger partial charge < -0.3 is 10.2 Å². The smallest absolute Gasteiger partial charge is 0.229 e. The number of hydrogen-bond donors (Lipinski definition) is 1. The molecule has 1 fully saturated rings. The molecular weight excluding hydrogens is 366 g/mol. The van der Waals surface area contributed by atoms with Crippen LogP contribution in [0.4, 0.5) is 10.1 Å². The van der Waals surface area contributed by atoms with E-state index in [1.54, 1.807) is 36.4 Å². The van der Waals surface area contributed by atoms with Crippen molar-refractivity contribution in [1.29, 1.82) is 0 Å². The lowest BCUT2D eigenvalue weighted by Crippen LogP contribution is -2.38. The normalized spacial score (nSPS) is 17.0. The molecule has 0 aliphatic carbocycles. The van der Waals surface area contributed by atoms with E-state index in [0.717, 1.165) is 0 Å². The Labute approximate surface area is 154 Å². The summed E-state index contributed by atoms with van der Waals surface area (Å²) in [7, 11) is 0. The number of benzene rings is 2. The van der Waals surface area contributed by atoms with Crippen LogP contribution < -0.4 is 10.2 Å². The van der Waals surface area contributed by atoms with Crippen molar-refractivity contribution in [3.05, 3.63) is 63.9 Å². The Morgan fingerprint density at radius 2 is 2.00 bits per heavy atom. The van der Waals surface area contributed by atoms with Crippen LogP contribution in [0.15, 0.2) is 42.5 Å². The Morgan fingerprint density at radius 3 is 2.76 bits per heavy atom. The molecule has 1 N–H and O–H groups in total. The lowest BCUT2D eigenvalue weighted by molar-refractivity contribution is -0.121. The van der Waals surface area contributed by atoms with Gasteiger partial charge in [-0.3, -0.25) is 9.59 Å². The predicted octanol–water partition coefficient (Wildman–Crippen LogP) is 3.60. The number of carbonyl (C=O) groups excluding carboxylic acids is 2. The summed E-state index contributed by atoms with van der Waals surface area (Å²) in [4.78, 5) is 25.7. The highest BCUT2D eigenvalue weighted by Crippen LogP contribution is 2.25. The molecule has 130 valence electrons. The number of rotatable bonds is 4. The minimum absolute atomic E-state index is 0.0593. The van der Waals surface area contributed by atoms with E-state index in [1.807, 2.05) is 0 Å². The first-order chi connectivity index (χ1) is 11.9. The van der Waals surface area contributed by atoms with Crippen LogP contribution in [0.5, 0.6) is 0 Å². The molecule has 3 rings (SSSR count). The SMILES string of the molecule is O=C(Cc1cc(Cl)ccc1Cl)NC1CC(=O)N(c2ccccc2F)C1. The molecule has 1 atom stereocenters. The standard InChI is InChI=1S/C18H15Cl2FN2O2/c19-12-5-6-14(20)11(7-12)8-17(24)22-13-9-18(25)23(10-13)16-4-2-1-3-15(16)21/h1-7,13H,8-10H2,(H,22,24). The van der Waals surface area contributed by atoms with Crippen molar-refractivity contribution >= 4 is 40.7 Å². The number of halogens is 3. The first-order valence-corrected chi connectivity index (χ1v) is 8.48. The maximum atomic E-state index is 13.9. The molecule has 1 heterocycles. The molecule has 0 bridgehead atoms. The topological polar surface area (TPSA) is 49.4 Å². The average molecular weight is 381 g/mol. The Hall–Kier alpha value is -2.11. The van der Waals surface area contributed by atoms with Crippen LogP contribution in [0, 0.1) is 5.82 Å². The van der Waals surface area contributed by atoms with Crippen LogP contribution in [-0.2, 0) is 16.0 Å². The number of anilines is 1. The summed E-state index contributed by atoms with van der Waals surface area (Å²) in [5.41, 5.74) is 0.837. The van der Waals surface area contributed by atoms with Gasteiger partial charge in [0, 0.05) is 23.0 Å². The molecule has 0 radical (unpaired) electrons. The third-order valence-corrected chi connectivity index (χ3v) is 4.60. The molecule has 1 unspecified atom stereocenters. The van der Waals surface area contributed by atoms with E-state index in [1.165, 1.54) is 11.0 Å². The summed E-state index contributed by atoms with van der Waals surface area (Å²) in [5.74, 6) is -0.956. The van der Waals surface area contributed by atoms with Crippen molar-refractivity contribution in [1.82, 2.24) is 5.32 Å². The predicted molar refractivity (Wildman–Crippen MR) is 95.5 cm³/mol. The molecule has 2 aromatic carbocycles. The molecule has 0 aromatic heterocycles. The third-order valence-electron chi connectivity index (χ3n) is 3.99. The Bertz CT molecular complexity index is 828. The van der Waals surface area contributed by atoms with E-state index < -0.39 is 5.82 Å². The van der Waals surface area contributed by atoms with E-state index >= 15 is 0 Å². The average Bonchev–Trinajstić information content (AvgIpc) is 2.91. The molecule has 1 saturated heterocycles. The van der Waals surface area contributed by atoms with Crippen molar-refractivity contribution < 1.29 is 14.0 Å². The Balaban J connectivity index is 1.64. The molecule has 25 heavy (non-hydrogen) atoms. The quantitative estimate of drug-likeness (QED) is 0.880.